The highest BCUT2D eigenvalue weighted by molar-refractivity contribution is 5.38. The lowest BCUT2D eigenvalue weighted by Gasteiger charge is -2.20. The molecule has 0 aliphatic heterocycles. The molecule has 0 fully saturated rings. The minimum atomic E-state index is -1.33. The molecule has 1 unspecified atom stereocenters. The fourth-order valence-corrected chi connectivity index (χ4v) is 1.87. The first-order chi connectivity index (χ1) is 9.98. The summed E-state index contributed by atoms with van der Waals surface area (Å²) in [6, 6.07) is 9.42. The summed E-state index contributed by atoms with van der Waals surface area (Å²) < 4.78 is 31.6. The van der Waals surface area contributed by atoms with Gasteiger partial charge in [-0.2, -0.15) is 0 Å². The van der Waals surface area contributed by atoms with E-state index in [4.69, 9.17) is 11.2 Å². The normalized spacial score (nSPS) is 13.3. The number of hydrogen-bond donors (Lipinski definition) is 1. The predicted octanol–water partition coefficient (Wildman–Crippen LogP) is 3.99. The van der Waals surface area contributed by atoms with Crippen LogP contribution >= 0.6 is 0 Å². The van der Waals surface area contributed by atoms with Crippen LogP contribution in [0, 0.1) is 24.0 Å². The first-order valence-corrected chi connectivity index (χ1v) is 6.42. The third kappa shape index (κ3) is 3.21. The van der Waals surface area contributed by atoms with Gasteiger partial charge in [0, 0.05) is 6.07 Å². The van der Waals surface area contributed by atoms with Crippen molar-refractivity contribution in [2.75, 3.05) is 0 Å². The Hall–Kier alpha value is -2.38. The van der Waals surface area contributed by atoms with Crippen molar-refractivity contribution in [3.8, 4) is 23.8 Å². The lowest BCUT2D eigenvalue weighted by molar-refractivity contribution is 0.0961. The second-order valence-corrected chi connectivity index (χ2v) is 4.56. The summed E-state index contributed by atoms with van der Waals surface area (Å²) in [5.74, 6) is 1.17. The van der Waals surface area contributed by atoms with Crippen LogP contribution < -0.4 is 4.74 Å². The summed E-state index contributed by atoms with van der Waals surface area (Å²) in [6.07, 6.45) is 5.70. The second-order valence-electron chi connectivity index (χ2n) is 4.56. The van der Waals surface area contributed by atoms with Gasteiger partial charge in [0.15, 0.2) is 11.6 Å². The Balaban J connectivity index is 2.22. The molecule has 0 heterocycles. The van der Waals surface area contributed by atoms with Crippen LogP contribution in [-0.2, 0) is 5.60 Å². The molecule has 0 saturated heterocycles. The number of benzene rings is 2. The molecule has 21 heavy (non-hydrogen) atoms. The maximum Gasteiger partial charge on any atom is 0.168 e. The lowest BCUT2D eigenvalue weighted by atomic mass is 9.92. The van der Waals surface area contributed by atoms with Gasteiger partial charge in [0.2, 0.25) is 0 Å². The van der Waals surface area contributed by atoms with Gasteiger partial charge in [-0.3, -0.25) is 0 Å². The molecule has 2 aromatic rings. The van der Waals surface area contributed by atoms with Crippen LogP contribution in [0.4, 0.5) is 8.78 Å². The zero-order valence-corrected chi connectivity index (χ0v) is 11.4. The summed E-state index contributed by atoms with van der Waals surface area (Å²) in [7, 11) is 0. The van der Waals surface area contributed by atoms with Gasteiger partial charge in [0.1, 0.15) is 17.2 Å². The molecule has 108 valence electrons. The van der Waals surface area contributed by atoms with Crippen LogP contribution in [0.3, 0.4) is 0 Å². The Kier molecular flexibility index (Phi) is 4.25. The SMILES string of the molecule is C#CC(O)(CC)c1ccc(Oc2ccc(F)cc2F)cc1. The monoisotopic (exact) mass is 288 g/mol. The van der Waals surface area contributed by atoms with Crippen LogP contribution in [0.2, 0.25) is 0 Å². The average molecular weight is 288 g/mol. The molecule has 2 nitrogen and oxygen atoms in total. The summed E-state index contributed by atoms with van der Waals surface area (Å²) in [5, 5.41) is 10.2. The highest BCUT2D eigenvalue weighted by atomic mass is 19.1. The van der Waals surface area contributed by atoms with E-state index in [0.717, 1.165) is 12.1 Å². The van der Waals surface area contributed by atoms with E-state index in [2.05, 4.69) is 5.92 Å². The molecule has 0 bridgehead atoms. The number of terminal acetylenes is 1. The maximum absolute atomic E-state index is 13.5. The van der Waals surface area contributed by atoms with Crippen molar-refractivity contribution in [1.29, 1.82) is 0 Å². The van der Waals surface area contributed by atoms with E-state index in [9.17, 15) is 13.9 Å². The van der Waals surface area contributed by atoms with E-state index in [0.29, 0.717) is 17.7 Å². The van der Waals surface area contributed by atoms with Crippen molar-refractivity contribution in [1.82, 2.24) is 0 Å². The number of halogens is 2. The topological polar surface area (TPSA) is 29.5 Å². The Morgan fingerprint density at radius 3 is 2.38 bits per heavy atom. The number of aliphatic hydroxyl groups is 1. The standard InChI is InChI=1S/C17H14F2O2/c1-3-17(20,4-2)12-5-8-14(9-6-12)21-16-10-7-13(18)11-15(16)19/h1,5-11,20H,4H2,2H3. The third-order valence-electron chi connectivity index (χ3n) is 3.20. The van der Waals surface area contributed by atoms with E-state index >= 15 is 0 Å². The average Bonchev–Trinajstić information content (AvgIpc) is 2.50. The molecule has 0 radical (unpaired) electrons. The van der Waals surface area contributed by atoms with E-state index in [1.165, 1.54) is 6.07 Å². The second kappa shape index (κ2) is 5.94. The van der Waals surface area contributed by atoms with E-state index in [1.807, 2.05) is 0 Å². The van der Waals surface area contributed by atoms with Gasteiger partial charge in [0.25, 0.3) is 0 Å². The van der Waals surface area contributed by atoms with E-state index in [1.54, 1.807) is 31.2 Å². The van der Waals surface area contributed by atoms with Crippen molar-refractivity contribution in [3.63, 3.8) is 0 Å². The minimum Gasteiger partial charge on any atom is -0.454 e. The van der Waals surface area contributed by atoms with Crippen LogP contribution in [-0.4, -0.2) is 5.11 Å². The molecular weight excluding hydrogens is 274 g/mol. The number of hydrogen-bond acceptors (Lipinski definition) is 2. The molecular formula is C17H14F2O2. The Bertz CT molecular complexity index is 674. The summed E-state index contributed by atoms with van der Waals surface area (Å²) in [4.78, 5) is 0. The minimum absolute atomic E-state index is 0.0770. The molecule has 0 aliphatic carbocycles. The summed E-state index contributed by atoms with van der Waals surface area (Å²) in [6.45, 7) is 1.78. The van der Waals surface area contributed by atoms with Crippen LogP contribution in [0.25, 0.3) is 0 Å². The Labute approximate surface area is 122 Å². The van der Waals surface area contributed by atoms with Gasteiger partial charge < -0.3 is 9.84 Å². The van der Waals surface area contributed by atoms with Gasteiger partial charge in [-0.25, -0.2) is 8.78 Å². The molecule has 0 saturated carbocycles. The van der Waals surface area contributed by atoms with Gasteiger partial charge in [-0.05, 0) is 36.2 Å². The molecule has 2 rings (SSSR count). The molecule has 1 N–H and O–H groups in total. The predicted molar refractivity (Wildman–Crippen MR) is 75.9 cm³/mol. The molecule has 0 aliphatic rings. The molecule has 4 heteroatoms. The lowest BCUT2D eigenvalue weighted by Crippen LogP contribution is -2.21. The number of ether oxygens (including phenoxy) is 1. The first-order valence-electron chi connectivity index (χ1n) is 6.42. The smallest absolute Gasteiger partial charge is 0.168 e. The Morgan fingerprint density at radius 2 is 1.86 bits per heavy atom. The van der Waals surface area contributed by atoms with Crippen molar-refractivity contribution in [2.24, 2.45) is 0 Å². The zero-order chi connectivity index (χ0) is 15.5. The molecule has 0 spiro atoms. The molecule has 0 amide bonds. The van der Waals surface area contributed by atoms with Crippen molar-refractivity contribution >= 4 is 0 Å². The Morgan fingerprint density at radius 1 is 1.19 bits per heavy atom. The summed E-state index contributed by atoms with van der Waals surface area (Å²) in [5.41, 5.74) is -0.779. The van der Waals surface area contributed by atoms with Crippen LogP contribution in [0.1, 0.15) is 18.9 Å². The van der Waals surface area contributed by atoms with Gasteiger partial charge in [0.05, 0.1) is 0 Å². The summed E-state index contributed by atoms with van der Waals surface area (Å²) >= 11 is 0. The molecule has 2 aromatic carbocycles. The largest absolute Gasteiger partial charge is 0.454 e. The van der Waals surface area contributed by atoms with Crippen molar-refractivity contribution < 1.29 is 18.6 Å². The van der Waals surface area contributed by atoms with Crippen LogP contribution in [0.5, 0.6) is 11.5 Å². The van der Waals surface area contributed by atoms with Crippen molar-refractivity contribution in [2.45, 2.75) is 18.9 Å². The van der Waals surface area contributed by atoms with Crippen molar-refractivity contribution in [3.05, 3.63) is 59.7 Å². The highest BCUT2D eigenvalue weighted by Crippen LogP contribution is 2.29. The third-order valence-corrected chi connectivity index (χ3v) is 3.20. The number of rotatable bonds is 4. The quantitative estimate of drug-likeness (QED) is 0.862. The van der Waals surface area contributed by atoms with Gasteiger partial charge >= 0.3 is 0 Å². The zero-order valence-electron chi connectivity index (χ0n) is 11.4. The van der Waals surface area contributed by atoms with E-state index in [-0.39, 0.29) is 5.75 Å². The molecule has 0 aromatic heterocycles. The fraction of sp³-hybridized carbons (Fsp3) is 0.176. The molecule has 1 atom stereocenters. The van der Waals surface area contributed by atoms with Gasteiger partial charge in [-0.1, -0.05) is 25.0 Å². The van der Waals surface area contributed by atoms with E-state index < -0.39 is 17.2 Å². The maximum atomic E-state index is 13.5. The van der Waals surface area contributed by atoms with Gasteiger partial charge in [-0.15, -0.1) is 6.42 Å². The highest BCUT2D eigenvalue weighted by Gasteiger charge is 2.23. The fourth-order valence-electron chi connectivity index (χ4n) is 1.87. The first kappa shape index (κ1) is 15.0. The van der Waals surface area contributed by atoms with Crippen LogP contribution in [0.15, 0.2) is 42.5 Å².